The van der Waals surface area contributed by atoms with Crippen LogP contribution in [-0.2, 0) is 6.54 Å². The van der Waals surface area contributed by atoms with Crippen molar-refractivity contribution in [1.29, 1.82) is 0 Å². The van der Waals surface area contributed by atoms with Crippen LogP contribution in [0.5, 0.6) is 0 Å². The number of hydrogen-bond donors (Lipinski definition) is 1. The molecule has 0 spiro atoms. The predicted molar refractivity (Wildman–Crippen MR) is 87.1 cm³/mol. The molecule has 21 heavy (non-hydrogen) atoms. The molecule has 0 saturated heterocycles. The van der Waals surface area contributed by atoms with Gasteiger partial charge < -0.3 is 10.6 Å². The summed E-state index contributed by atoms with van der Waals surface area (Å²) >= 11 is 0. The standard InChI is InChI=1S/C17H18N4/c1-2-21(12-13-7-10-19-11-8-13)16-6-5-15(18)17-14(16)4-3-9-20-17/h3-11H,2,12,18H2,1H3. The summed E-state index contributed by atoms with van der Waals surface area (Å²) in [7, 11) is 0. The van der Waals surface area contributed by atoms with Crippen LogP contribution in [0, 0.1) is 0 Å². The Morgan fingerprint density at radius 3 is 2.62 bits per heavy atom. The summed E-state index contributed by atoms with van der Waals surface area (Å²) in [5, 5.41) is 1.09. The number of nitrogens with two attached hydrogens (primary N) is 1. The Hall–Kier alpha value is -2.62. The van der Waals surface area contributed by atoms with Crippen molar-refractivity contribution in [3.8, 4) is 0 Å². The van der Waals surface area contributed by atoms with E-state index in [0.717, 1.165) is 29.7 Å². The van der Waals surface area contributed by atoms with Crippen LogP contribution in [0.2, 0.25) is 0 Å². The largest absolute Gasteiger partial charge is 0.397 e. The molecule has 2 N–H and O–H groups in total. The molecule has 0 saturated carbocycles. The van der Waals surface area contributed by atoms with E-state index in [1.54, 1.807) is 6.20 Å². The van der Waals surface area contributed by atoms with E-state index >= 15 is 0 Å². The lowest BCUT2D eigenvalue weighted by Gasteiger charge is -2.25. The zero-order valence-electron chi connectivity index (χ0n) is 12.0. The summed E-state index contributed by atoms with van der Waals surface area (Å²) in [6.45, 7) is 3.91. The van der Waals surface area contributed by atoms with Crippen LogP contribution < -0.4 is 10.6 Å². The average molecular weight is 278 g/mol. The first-order valence-electron chi connectivity index (χ1n) is 7.06. The average Bonchev–Trinajstić information content (AvgIpc) is 2.55. The van der Waals surface area contributed by atoms with E-state index in [4.69, 9.17) is 5.73 Å². The third-order valence-electron chi connectivity index (χ3n) is 3.62. The van der Waals surface area contributed by atoms with Gasteiger partial charge in [0.25, 0.3) is 0 Å². The smallest absolute Gasteiger partial charge is 0.0951 e. The molecule has 3 rings (SSSR count). The van der Waals surface area contributed by atoms with Crippen molar-refractivity contribution in [1.82, 2.24) is 9.97 Å². The first kappa shape index (κ1) is 13.4. The van der Waals surface area contributed by atoms with Gasteiger partial charge >= 0.3 is 0 Å². The second-order valence-corrected chi connectivity index (χ2v) is 4.94. The molecule has 3 aromatic rings. The number of nitrogens with zero attached hydrogens (tertiary/aromatic N) is 3. The highest BCUT2D eigenvalue weighted by Crippen LogP contribution is 2.30. The Labute approximate surface area is 124 Å². The summed E-state index contributed by atoms with van der Waals surface area (Å²) in [5.41, 5.74) is 10.0. The number of nitrogen functional groups attached to an aromatic ring is 1. The van der Waals surface area contributed by atoms with E-state index in [2.05, 4.69) is 33.9 Å². The molecule has 4 nitrogen and oxygen atoms in total. The first-order chi connectivity index (χ1) is 10.3. The Bertz CT molecular complexity index is 740. The van der Waals surface area contributed by atoms with Crippen molar-refractivity contribution in [2.24, 2.45) is 0 Å². The van der Waals surface area contributed by atoms with E-state index < -0.39 is 0 Å². The lowest BCUT2D eigenvalue weighted by Crippen LogP contribution is -2.22. The summed E-state index contributed by atoms with van der Waals surface area (Å²) in [4.78, 5) is 10.8. The summed E-state index contributed by atoms with van der Waals surface area (Å²) < 4.78 is 0. The van der Waals surface area contributed by atoms with Crippen molar-refractivity contribution in [2.75, 3.05) is 17.2 Å². The zero-order chi connectivity index (χ0) is 14.7. The Morgan fingerprint density at radius 2 is 1.86 bits per heavy atom. The normalized spacial score (nSPS) is 10.7. The van der Waals surface area contributed by atoms with E-state index in [-0.39, 0.29) is 0 Å². The van der Waals surface area contributed by atoms with Gasteiger partial charge in [-0.1, -0.05) is 0 Å². The molecule has 0 unspecified atom stereocenters. The van der Waals surface area contributed by atoms with Gasteiger partial charge in [0.05, 0.1) is 11.2 Å². The minimum absolute atomic E-state index is 0.717. The molecule has 0 amide bonds. The topological polar surface area (TPSA) is 55.0 Å². The van der Waals surface area contributed by atoms with Crippen LogP contribution in [0.1, 0.15) is 12.5 Å². The van der Waals surface area contributed by atoms with Crippen LogP contribution in [0.15, 0.2) is 55.0 Å². The Balaban J connectivity index is 2.03. The van der Waals surface area contributed by atoms with Gasteiger partial charge in [0.1, 0.15) is 0 Å². The van der Waals surface area contributed by atoms with E-state index in [0.29, 0.717) is 5.69 Å². The maximum absolute atomic E-state index is 6.03. The number of fused-ring (bicyclic) bond motifs is 1. The maximum Gasteiger partial charge on any atom is 0.0951 e. The van der Waals surface area contributed by atoms with Gasteiger partial charge in [-0.25, -0.2) is 0 Å². The Morgan fingerprint density at radius 1 is 1.05 bits per heavy atom. The number of rotatable bonds is 4. The van der Waals surface area contributed by atoms with Crippen molar-refractivity contribution in [3.63, 3.8) is 0 Å². The van der Waals surface area contributed by atoms with Crippen LogP contribution in [0.4, 0.5) is 11.4 Å². The van der Waals surface area contributed by atoms with Crippen molar-refractivity contribution < 1.29 is 0 Å². The fourth-order valence-corrected chi connectivity index (χ4v) is 2.53. The summed E-state index contributed by atoms with van der Waals surface area (Å²) in [6.07, 6.45) is 5.43. The first-order valence-corrected chi connectivity index (χ1v) is 7.06. The zero-order valence-corrected chi connectivity index (χ0v) is 12.0. The monoisotopic (exact) mass is 278 g/mol. The third kappa shape index (κ3) is 2.65. The van der Waals surface area contributed by atoms with Gasteiger partial charge in [-0.05, 0) is 48.9 Å². The number of benzene rings is 1. The molecule has 1 aromatic carbocycles. The molecule has 106 valence electrons. The molecule has 0 fully saturated rings. The fourth-order valence-electron chi connectivity index (χ4n) is 2.53. The highest BCUT2D eigenvalue weighted by molar-refractivity contribution is 5.98. The summed E-state index contributed by atoms with van der Waals surface area (Å²) in [6, 6.07) is 12.1. The molecule has 0 aliphatic carbocycles. The predicted octanol–water partition coefficient (Wildman–Crippen LogP) is 3.24. The van der Waals surface area contributed by atoms with E-state index in [1.807, 2.05) is 36.7 Å². The van der Waals surface area contributed by atoms with Gasteiger partial charge in [0.15, 0.2) is 0 Å². The number of hydrogen-bond acceptors (Lipinski definition) is 4. The molecule has 0 atom stereocenters. The molecule has 4 heteroatoms. The van der Waals surface area contributed by atoms with Crippen LogP contribution in [0.25, 0.3) is 10.9 Å². The van der Waals surface area contributed by atoms with Gasteiger partial charge in [-0.15, -0.1) is 0 Å². The van der Waals surface area contributed by atoms with E-state index in [9.17, 15) is 0 Å². The minimum atomic E-state index is 0.717. The van der Waals surface area contributed by atoms with Crippen molar-refractivity contribution >= 4 is 22.3 Å². The number of pyridine rings is 2. The fraction of sp³-hybridized carbons (Fsp3) is 0.176. The van der Waals surface area contributed by atoms with E-state index in [1.165, 1.54) is 5.56 Å². The lowest BCUT2D eigenvalue weighted by atomic mass is 10.1. The number of anilines is 2. The molecular formula is C17H18N4. The molecule has 2 heterocycles. The summed E-state index contributed by atoms with van der Waals surface area (Å²) in [5.74, 6) is 0. The molecule has 0 aliphatic heterocycles. The molecule has 0 bridgehead atoms. The SMILES string of the molecule is CCN(Cc1ccncc1)c1ccc(N)c2ncccc12. The van der Waals surface area contributed by atoms with Crippen molar-refractivity contribution in [3.05, 3.63) is 60.6 Å². The van der Waals surface area contributed by atoms with Crippen LogP contribution >= 0.6 is 0 Å². The van der Waals surface area contributed by atoms with Gasteiger partial charge in [0.2, 0.25) is 0 Å². The highest BCUT2D eigenvalue weighted by Gasteiger charge is 2.11. The quantitative estimate of drug-likeness (QED) is 0.744. The van der Waals surface area contributed by atoms with Crippen LogP contribution in [0.3, 0.4) is 0 Å². The molecular weight excluding hydrogens is 260 g/mol. The van der Waals surface area contributed by atoms with Crippen molar-refractivity contribution in [2.45, 2.75) is 13.5 Å². The second kappa shape index (κ2) is 5.79. The molecule has 2 aromatic heterocycles. The molecule has 0 radical (unpaired) electrons. The third-order valence-corrected chi connectivity index (χ3v) is 3.62. The molecule has 0 aliphatic rings. The minimum Gasteiger partial charge on any atom is -0.397 e. The maximum atomic E-state index is 6.03. The highest BCUT2D eigenvalue weighted by atomic mass is 15.1. The lowest BCUT2D eigenvalue weighted by molar-refractivity contribution is 0.834. The van der Waals surface area contributed by atoms with Crippen LogP contribution in [-0.4, -0.2) is 16.5 Å². The Kier molecular flexibility index (Phi) is 3.69. The second-order valence-electron chi connectivity index (χ2n) is 4.94. The van der Waals surface area contributed by atoms with Gasteiger partial charge in [-0.2, -0.15) is 0 Å². The van der Waals surface area contributed by atoms with Gasteiger partial charge in [0, 0.05) is 42.8 Å². The number of aromatic nitrogens is 2. The van der Waals surface area contributed by atoms with Gasteiger partial charge in [-0.3, -0.25) is 9.97 Å².